The van der Waals surface area contributed by atoms with Crippen LogP contribution in [0.3, 0.4) is 0 Å². The Morgan fingerprint density at radius 1 is 0.500 bits per heavy atom. The molecule has 0 heterocycles. The fourth-order valence-electron chi connectivity index (χ4n) is 4.24. The Morgan fingerprint density at radius 2 is 0.857 bits per heavy atom. The van der Waals surface area contributed by atoms with E-state index in [1.54, 1.807) is 6.08 Å². The first-order chi connectivity index (χ1) is 19.1. The molecule has 0 aromatic rings. The summed E-state index contributed by atoms with van der Waals surface area (Å²) in [6.45, 7) is 36.5. The number of hydrogen-bond acceptors (Lipinski definition) is 6. The van der Waals surface area contributed by atoms with Crippen LogP contribution in [0.5, 0.6) is 0 Å². The second kappa shape index (κ2) is 18.1. The third-order valence-corrected chi connectivity index (χ3v) is 7.16. The van der Waals surface area contributed by atoms with Crippen molar-refractivity contribution in [3.05, 3.63) is 38.0 Å². The fraction of sp³-hybridized carbons (Fsp3) is 0.829. The first kappa shape index (κ1) is 41.0. The molecule has 0 aliphatic rings. The van der Waals surface area contributed by atoms with Crippen molar-refractivity contribution in [2.45, 2.75) is 154 Å². The maximum absolute atomic E-state index is 6.63. The Balaban J connectivity index is 5.29. The fourth-order valence-corrected chi connectivity index (χ4v) is 4.24. The lowest BCUT2D eigenvalue weighted by atomic mass is 9.80. The molecule has 0 saturated heterocycles. The summed E-state index contributed by atoms with van der Waals surface area (Å²) in [6.07, 6.45) is 9.60. The summed E-state index contributed by atoms with van der Waals surface area (Å²) in [5.74, 6) is 0. The van der Waals surface area contributed by atoms with Gasteiger partial charge in [-0.2, -0.15) is 0 Å². The first-order valence-corrected chi connectivity index (χ1v) is 15.6. The van der Waals surface area contributed by atoms with Gasteiger partial charge >= 0.3 is 0 Å². The van der Waals surface area contributed by atoms with Gasteiger partial charge in [-0.3, -0.25) is 0 Å². The number of ether oxygens (including phenoxy) is 6. The van der Waals surface area contributed by atoms with E-state index < -0.39 is 22.3 Å². The zero-order chi connectivity index (χ0) is 32.7. The van der Waals surface area contributed by atoms with Crippen LogP contribution >= 0.6 is 0 Å². The second-order valence-corrected chi connectivity index (χ2v) is 14.7. The molecule has 244 valence electrons. The van der Waals surface area contributed by atoms with Crippen LogP contribution in [0.2, 0.25) is 0 Å². The third kappa shape index (κ3) is 20.9. The average Bonchev–Trinajstić information content (AvgIpc) is 2.79. The molecule has 0 aliphatic carbocycles. The second-order valence-electron chi connectivity index (χ2n) is 14.7. The Kier molecular flexibility index (Phi) is 17.7. The Labute approximate surface area is 261 Å². The molecule has 0 bridgehead atoms. The van der Waals surface area contributed by atoms with Crippen molar-refractivity contribution in [3.63, 3.8) is 0 Å². The summed E-state index contributed by atoms with van der Waals surface area (Å²) >= 11 is 0. The summed E-state index contributed by atoms with van der Waals surface area (Å²) in [4.78, 5) is 0. The smallest absolute Gasteiger partial charge is 0.113 e. The predicted molar refractivity (Wildman–Crippen MR) is 177 cm³/mol. The standard InChI is InChI=1S/C35H65BO6/c1-15-18-30(4,5)37-24-21-32(8,9)40-27-29(42-34(12,13)23-25-38-31(6,7)19-16-2)28-41-33(10,11)22-26-39-35(14,36)20-17-3/h15-17,29H,1-3,18-28H2,4-14H3. The number of rotatable bonds is 26. The van der Waals surface area contributed by atoms with Crippen molar-refractivity contribution in [1.82, 2.24) is 0 Å². The SMILES string of the molecule is [B]C(C)(CC=C)OCCC(C)(C)OCC(COC(C)(C)CCOC(C)(C)CC=C)OC(C)(C)CCOC(C)(C)CC=C. The molecular weight excluding hydrogens is 527 g/mol. The Hall–Kier alpha value is -0.955. The van der Waals surface area contributed by atoms with Crippen LogP contribution in [0.25, 0.3) is 0 Å². The van der Waals surface area contributed by atoms with Crippen molar-refractivity contribution < 1.29 is 28.4 Å². The van der Waals surface area contributed by atoms with E-state index in [1.807, 2.05) is 19.1 Å². The minimum Gasteiger partial charge on any atom is -0.385 e. The molecule has 2 atom stereocenters. The van der Waals surface area contributed by atoms with E-state index in [0.29, 0.717) is 45.9 Å². The lowest BCUT2D eigenvalue weighted by Gasteiger charge is -2.36. The molecule has 0 aliphatic heterocycles. The summed E-state index contributed by atoms with van der Waals surface area (Å²) in [6, 6.07) is 0. The van der Waals surface area contributed by atoms with E-state index in [-0.39, 0.29) is 17.3 Å². The maximum atomic E-state index is 6.63. The van der Waals surface area contributed by atoms with Gasteiger partial charge in [-0.05, 0) is 115 Å². The highest BCUT2D eigenvalue weighted by molar-refractivity contribution is 6.14. The third-order valence-electron chi connectivity index (χ3n) is 7.16. The largest absolute Gasteiger partial charge is 0.385 e. The molecule has 42 heavy (non-hydrogen) atoms. The van der Waals surface area contributed by atoms with Gasteiger partial charge in [0.15, 0.2) is 0 Å². The van der Waals surface area contributed by atoms with Gasteiger partial charge < -0.3 is 28.4 Å². The topological polar surface area (TPSA) is 55.4 Å². The highest BCUT2D eigenvalue weighted by Gasteiger charge is 2.30. The van der Waals surface area contributed by atoms with E-state index in [0.717, 1.165) is 25.7 Å². The minimum atomic E-state index is -0.736. The zero-order valence-corrected chi connectivity index (χ0v) is 29.2. The predicted octanol–water partition coefficient (Wildman–Crippen LogP) is 8.13. The van der Waals surface area contributed by atoms with Crippen LogP contribution in [0.15, 0.2) is 38.0 Å². The van der Waals surface area contributed by atoms with Crippen LogP contribution < -0.4 is 0 Å². The van der Waals surface area contributed by atoms with Gasteiger partial charge in [0.2, 0.25) is 0 Å². The van der Waals surface area contributed by atoms with Gasteiger partial charge in [0, 0.05) is 12.1 Å². The lowest BCUT2D eigenvalue weighted by Crippen LogP contribution is -2.42. The normalized spacial score (nSPS) is 15.7. The van der Waals surface area contributed by atoms with Crippen LogP contribution in [0, 0.1) is 0 Å². The molecule has 0 fully saturated rings. The Morgan fingerprint density at radius 3 is 1.24 bits per heavy atom. The molecule has 0 amide bonds. The molecule has 2 radical (unpaired) electrons. The van der Waals surface area contributed by atoms with Crippen LogP contribution in [-0.2, 0) is 28.4 Å². The molecule has 2 unspecified atom stereocenters. The van der Waals surface area contributed by atoms with Crippen molar-refractivity contribution in [2.24, 2.45) is 0 Å². The van der Waals surface area contributed by atoms with Gasteiger partial charge in [0.25, 0.3) is 0 Å². The van der Waals surface area contributed by atoms with Crippen molar-refractivity contribution >= 4 is 7.85 Å². The van der Waals surface area contributed by atoms with E-state index in [2.05, 4.69) is 89.0 Å². The maximum Gasteiger partial charge on any atom is 0.113 e. The van der Waals surface area contributed by atoms with Gasteiger partial charge in [-0.1, -0.05) is 18.2 Å². The van der Waals surface area contributed by atoms with E-state index in [9.17, 15) is 0 Å². The zero-order valence-electron chi connectivity index (χ0n) is 29.2. The monoisotopic (exact) mass is 592 g/mol. The van der Waals surface area contributed by atoms with Crippen molar-refractivity contribution in [2.75, 3.05) is 33.0 Å². The van der Waals surface area contributed by atoms with Crippen LogP contribution in [0.4, 0.5) is 0 Å². The van der Waals surface area contributed by atoms with Gasteiger partial charge in [0.1, 0.15) is 14.0 Å². The van der Waals surface area contributed by atoms with E-state index in [4.69, 9.17) is 36.3 Å². The summed E-state index contributed by atoms with van der Waals surface area (Å²) < 4.78 is 37.6. The van der Waals surface area contributed by atoms with Crippen LogP contribution in [0.1, 0.15) is 115 Å². The molecule has 0 aromatic heterocycles. The van der Waals surface area contributed by atoms with E-state index in [1.165, 1.54) is 0 Å². The highest BCUT2D eigenvalue weighted by Crippen LogP contribution is 2.25. The summed E-state index contributed by atoms with van der Waals surface area (Å²) in [7, 11) is 6.19. The van der Waals surface area contributed by atoms with Crippen LogP contribution in [-0.4, -0.2) is 80.5 Å². The number of hydrogen-bond donors (Lipinski definition) is 0. The summed E-state index contributed by atoms with van der Waals surface area (Å²) in [5, 5.41) is 0. The van der Waals surface area contributed by atoms with Gasteiger partial charge in [0.05, 0.1) is 54.4 Å². The quantitative estimate of drug-likeness (QED) is 0.0747. The Bertz CT molecular complexity index is 740. The first-order valence-electron chi connectivity index (χ1n) is 15.6. The van der Waals surface area contributed by atoms with Gasteiger partial charge in [-0.25, -0.2) is 0 Å². The molecule has 6 nitrogen and oxygen atoms in total. The molecule has 7 heteroatoms. The van der Waals surface area contributed by atoms with E-state index >= 15 is 0 Å². The van der Waals surface area contributed by atoms with Gasteiger partial charge in [-0.15, -0.1) is 19.7 Å². The highest BCUT2D eigenvalue weighted by atomic mass is 16.6. The molecular formula is C35H65BO6. The molecule has 0 saturated carbocycles. The molecule has 0 N–H and O–H groups in total. The molecule has 0 spiro atoms. The van der Waals surface area contributed by atoms with Crippen molar-refractivity contribution in [1.29, 1.82) is 0 Å². The molecule has 0 rings (SSSR count). The summed E-state index contributed by atoms with van der Waals surface area (Å²) in [5.41, 5.74) is -2.51. The van der Waals surface area contributed by atoms with Crippen molar-refractivity contribution in [3.8, 4) is 0 Å². The lowest BCUT2D eigenvalue weighted by molar-refractivity contribution is -0.177. The minimum absolute atomic E-state index is 0.244. The molecule has 0 aromatic carbocycles. The average molecular weight is 593 g/mol.